The molecule has 1 saturated heterocycles. The maximum absolute atomic E-state index is 5.25. The fourth-order valence-electron chi connectivity index (χ4n) is 1.74. The van der Waals surface area contributed by atoms with Crippen molar-refractivity contribution < 1.29 is 0 Å². The van der Waals surface area contributed by atoms with Crippen LogP contribution in [0.1, 0.15) is 20.8 Å². The van der Waals surface area contributed by atoms with Crippen LogP contribution in [-0.2, 0) is 0 Å². The minimum atomic E-state index is 0.296. The van der Waals surface area contributed by atoms with Gasteiger partial charge in [-0.25, -0.2) is 4.99 Å². The molecule has 0 bridgehead atoms. The minimum absolute atomic E-state index is 0.296. The average Bonchev–Trinajstić information content (AvgIpc) is 2.22. The van der Waals surface area contributed by atoms with Gasteiger partial charge in [0.2, 0.25) is 0 Å². The first-order valence-electron chi connectivity index (χ1n) is 5.70. The van der Waals surface area contributed by atoms with Gasteiger partial charge < -0.3 is 10.2 Å². The van der Waals surface area contributed by atoms with Crippen LogP contribution >= 0.6 is 11.8 Å². The molecule has 0 amide bonds. The third kappa shape index (κ3) is 3.97. The number of hydrogen-bond acceptors (Lipinski definition) is 2. The summed E-state index contributed by atoms with van der Waals surface area (Å²) in [5, 5.41) is 3.30. The van der Waals surface area contributed by atoms with Crippen LogP contribution < -0.4 is 5.32 Å². The summed E-state index contributed by atoms with van der Waals surface area (Å²) in [6, 6.07) is 0. The third-order valence-corrected chi connectivity index (χ3v) is 3.68. The zero-order valence-electron chi connectivity index (χ0n) is 10.4. The number of aliphatic imine (C=N–C) groups is 1. The predicted molar refractivity (Wildman–Crippen MR) is 72.9 cm³/mol. The Bertz CT molecular complexity index is 291. The first-order valence-corrected chi connectivity index (χ1v) is 6.68. The first-order chi connectivity index (χ1) is 7.59. The summed E-state index contributed by atoms with van der Waals surface area (Å²) < 4.78 is 0.296. The van der Waals surface area contributed by atoms with Crippen molar-refractivity contribution in [3.63, 3.8) is 0 Å². The highest BCUT2D eigenvalue weighted by Crippen LogP contribution is 2.29. The lowest BCUT2D eigenvalue weighted by molar-refractivity contribution is 0.376. The van der Waals surface area contributed by atoms with Crippen molar-refractivity contribution in [2.75, 3.05) is 31.9 Å². The van der Waals surface area contributed by atoms with E-state index in [2.05, 4.69) is 41.9 Å². The number of terminal acetylenes is 1. The van der Waals surface area contributed by atoms with Crippen LogP contribution in [-0.4, -0.2) is 47.5 Å². The Kier molecular flexibility index (Phi) is 5.01. The van der Waals surface area contributed by atoms with Gasteiger partial charge in [-0.05, 0) is 20.8 Å². The Labute approximate surface area is 103 Å². The van der Waals surface area contributed by atoms with Crippen molar-refractivity contribution in [2.45, 2.75) is 25.5 Å². The summed E-state index contributed by atoms with van der Waals surface area (Å²) in [4.78, 5) is 6.71. The summed E-state index contributed by atoms with van der Waals surface area (Å²) in [5.41, 5.74) is 0. The Morgan fingerprint density at radius 2 is 2.38 bits per heavy atom. The molecule has 0 aromatic heterocycles. The van der Waals surface area contributed by atoms with Crippen LogP contribution in [0.25, 0.3) is 0 Å². The van der Waals surface area contributed by atoms with Crippen LogP contribution in [0.2, 0.25) is 0 Å². The number of nitrogens with zero attached hydrogens (tertiary/aromatic N) is 2. The molecule has 1 aliphatic rings. The molecule has 0 aromatic carbocycles. The van der Waals surface area contributed by atoms with Crippen LogP contribution in [0.5, 0.6) is 0 Å². The zero-order chi connectivity index (χ0) is 12.0. The van der Waals surface area contributed by atoms with Crippen molar-refractivity contribution in [2.24, 2.45) is 4.99 Å². The largest absolute Gasteiger partial charge is 0.356 e. The zero-order valence-corrected chi connectivity index (χ0v) is 11.2. The molecule has 1 rings (SSSR count). The van der Waals surface area contributed by atoms with Gasteiger partial charge in [-0.15, -0.1) is 6.42 Å². The molecule has 0 aromatic rings. The minimum Gasteiger partial charge on any atom is -0.356 e. The molecule has 90 valence electrons. The van der Waals surface area contributed by atoms with E-state index in [1.54, 1.807) is 0 Å². The van der Waals surface area contributed by atoms with Gasteiger partial charge in [0.25, 0.3) is 0 Å². The van der Waals surface area contributed by atoms with Gasteiger partial charge in [-0.1, -0.05) is 5.92 Å². The summed E-state index contributed by atoms with van der Waals surface area (Å²) >= 11 is 2.02. The SMILES string of the molecule is C#CCN=C(NCC)N1CCSC(C)(C)C1. The third-order valence-electron chi connectivity index (χ3n) is 2.38. The van der Waals surface area contributed by atoms with Gasteiger partial charge in [0.15, 0.2) is 5.96 Å². The van der Waals surface area contributed by atoms with E-state index >= 15 is 0 Å². The lowest BCUT2D eigenvalue weighted by Gasteiger charge is -2.39. The number of rotatable bonds is 2. The van der Waals surface area contributed by atoms with E-state index < -0.39 is 0 Å². The molecule has 0 saturated carbocycles. The molecule has 3 nitrogen and oxygen atoms in total. The van der Waals surface area contributed by atoms with E-state index in [1.165, 1.54) is 0 Å². The molecule has 0 unspecified atom stereocenters. The number of thioether (sulfide) groups is 1. The molecule has 16 heavy (non-hydrogen) atoms. The smallest absolute Gasteiger partial charge is 0.194 e. The van der Waals surface area contributed by atoms with Crippen molar-refractivity contribution in [3.8, 4) is 12.3 Å². The van der Waals surface area contributed by atoms with Crippen molar-refractivity contribution in [1.29, 1.82) is 0 Å². The van der Waals surface area contributed by atoms with Gasteiger partial charge >= 0.3 is 0 Å². The number of guanidine groups is 1. The Morgan fingerprint density at radius 1 is 1.62 bits per heavy atom. The Balaban J connectivity index is 2.67. The van der Waals surface area contributed by atoms with E-state index in [4.69, 9.17) is 6.42 Å². The summed E-state index contributed by atoms with van der Waals surface area (Å²) in [5.74, 6) is 4.66. The monoisotopic (exact) mass is 239 g/mol. The highest BCUT2D eigenvalue weighted by molar-refractivity contribution is 8.00. The Morgan fingerprint density at radius 3 is 2.94 bits per heavy atom. The molecule has 0 spiro atoms. The highest BCUT2D eigenvalue weighted by atomic mass is 32.2. The van der Waals surface area contributed by atoms with E-state index in [1.807, 2.05) is 11.8 Å². The molecule has 0 aliphatic carbocycles. The summed E-state index contributed by atoms with van der Waals surface area (Å²) in [7, 11) is 0. The molecule has 0 atom stereocenters. The molecule has 1 N–H and O–H groups in total. The summed E-state index contributed by atoms with van der Waals surface area (Å²) in [6.45, 7) is 10.0. The van der Waals surface area contributed by atoms with Crippen molar-refractivity contribution in [3.05, 3.63) is 0 Å². The molecule has 1 aliphatic heterocycles. The maximum Gasteiger partial charge on any atom is 0.194 e. The molecule has 1 heterocycles. The highest BCUT2D eigenvalue weighted by Gasteiger charge is 2.28. The first kappa shape index (κ1) is 13.2. The molecule has 4 heteroatoms. The number of hydrogen-bond donors (Lipinski definition) is 1. The van der Waals surface area contributed by atoms with Gasteiger partial charge in [0, 0.05) is 30.1 Å². The van der Waals surface area contributed by atoms with Gasteiger partial charge in [-0.3, -0.25) is 0 Å². The topological polar surface area (TPSA) is 27.6 Å². The van der Waals surface area contributed by atoms with Crippen LogP contribution in [0.3, 0.4) is 0 Å². The molecular weight excluding hydrogens is 218 g/mol. The van der Waals surface area contributed by atoms with Crippen molar-refractivity contribution >= 4 is 17.7 Å². The Hall–Kier alpha value is -0.820. The van der Waals surface area contributed by atoms with E-state index in [9.17, 15) is 0 Å². The quantitative estimate of drug-likeness (QED) is 0.448. The maximum atomic E-state index is 5.25. The van der Waals surface area contributed by atoms with Crippen LogP contribution in [0.4, 0.5) is 0 Å². The standard InChI is InChI=1S/C12H21N3S/c1-5-7-14-11(13-6-2)15-8-9-16-12(3,4)10-15/h1H,6-10H2,2-4H3,(H,13,14). The molecule has 0 radical (unpaired) electrons. The average molecular weight is 239 g/mol. The predicted octanol–water partition coefficient (Wildman–Crippen LogP) is 1.41. The van der Waals surface area contributed by atoms with E-state index in [-0.39, 0.29) is 0 Å². The second-order valence-corrected chi connectivity index (χ2v) is 6.21. The van der Waals surface area contributed by atoms with Gasteiger partial charge in [0.1, 0.15) is 6.54 Å². The fraction of sp³-hybridized carbons (Fsp3) is 0.750. The summed E-state index contributed by atoms with van der Waals surface area (Å²) in [6.07, 6.45) is 5.25. The van der Waals surface area contributed by atoms with Gasteiger partial charge in [0.05, 0.1) is 0 Å². The second-order valence-electron chi connectivity index (χ2n) is 4.40. The number of nitrogens with one attached hydrogen (secondary N) is 1. The van der Waals surface area contributed by atoms with E-state index in [0.717, 1.165) is 31.3 Å². The van der Waals surface area contributed by atoms with Gasteiger partial charge in [-0.2, -0.15) is 11.8 Å². The lowest BCUT2D eigenvalue weighted by Crippen LogP contribution is -2.51. The van der Waals surface area contributed by atoms with Crippen molar-refractivity contribution in [1.82, 2.24) is 10.2 Å². The molecular formula is C12H21N3S. The normalized spacial score (nSPS) is 20.4. The molecule has 1 fully saturated rings. The van der Waals surface area contributed by atoms with Crippen LogP contribution in [0, 0.1) is 12.3 Å². The van der Waals surface area contributed by atoms with E-state index in [0.29, 0.717) is 11.3 Å². The van der Waals surface area contributed by atoms with Crippen LogP contribution in [0.15, 0.2) is 4.99 Å². The fourth-order valence-corrected chi connectivity index (χ4v) is 2.85. The lowest BCUT2D eigenvalue weighted by atomic mass is 10.2. The second kappa shape index (κ2) is 6.05.